The second kappa shape index (κ2) is 8.73. The van der Waals surface area contributed by atoms with Gasteiger partial charge >= 0.3 is 0 Å². The first-order valence-electron chi connectivity index (χ1n) is 10.1. The lowest BCUT2D eigenvalue weighted by atomic mass is 10.1. The zero-order valence-electron chi connectivity index (χ0n) is 17.6. The molecule has 31 heavy (non-hydrogen) atoms. The summed E-state index contributed by atoms with van der Waals surface area (Å²) in [6.45, 7) is 6.16. The lowest BCUT2D eigenvalue weighted by molar-refractivity contribution is -0.118. The molecule has 2 aromatic carbocycles. The number of hydrogen-bond acceptors (Lipinski definition) is 5. The fraction of sp³-hybridized carbons (Fsp3) is 0.208. The highest BCUT2D eigenvalue weighted by atomic mass is 32.1. The molecule has 0 radical (unpaired) electrons. The molecule has 0 saturated heterocycles. The first kappa shape index (κ1) is 20.8. The highest BCUT2D eigenvalue weighted by molar-refractivity contribution is 7.17. The fourth-order valence-electron chi connectivity index (χ4n) is 3.41. The second-order valence-electron chi connectivity index (χ2n) is 7.22. The van der Waals surface area contributed by atoms with Gasteiger partial charge in [0.25, 0.3) is 5.56 Å². The summed E-state index contributed by atoms with van der Waals surface area (Å²) < 4.78 is 6.89. The second-order valence-corrected chi connectivity index (χ2v) is 8.08. The molecule has 0 fully saturated rings. The third kappa shape index (κ3) is 4.09. The Balaban J connectivity index is 1.69. The maximum atomic E-state index is 13.3. The number of thiophene rings is 1. The molecule has 0 bridgehead atoms. The number of anilines is 1. The first-order chi connectivity index (χ1) is 15.0. The van der Waals surface area contributed by atoms with E-state index in [1.807, 2.05) is 67.8 Å². The van der Waals surface area contributed by atoms with Crippen molar-refractivity contribution in [1.29, 1.82) is 0 Å². The summed E-state index contributed by atoms with van der Waals surface area (Å²) in [7, 11) is 0. The number of aromatic nitrogens is 2. The predicted molar refractivity (Wildman–Crippen MR) is 125 cm³/mol. The van der Waals surface area contributed by atoms with Crippen LogP contribution < -0.4 is 15.6 Å². The van der Waals surface area contributed by atoms with Gasteiger partial charge in [-0.3, -0.25) is 14.2 Å². The Morgan fingerprint density at radius 1 is 1.19 bits per heavy atom. The van der Waals surface area contributed by atoms with Crippen molar-refractivity contribution in [3.8, 4) is 16.9 Å². The van der Waals surface area contributed by atoms with E-state index in [4.69, 9.17) is 4.74 Å². The van der Waals surface area contributed by atoms with Gasteiger partial charge in [0.1, 0.15) is 16.6 Å². The van der Waals surface area contributed by atoms with Crippen molar-refractivity contribution < 1.29 is 9.53 Å². The van der Waals surface area contributed by atoms with Crippen LogP contribution >= 0.6 is 11.3 Å². The number of para-hydroxylation sites is 1. The number of carbonyl (C=O) groups is 1. The first-order valence-corrected chi connectivity index (χ1v) is 11.0. The van der Waals surface area contributed by atoms with Gasteiger partial charge in [-0.15, -0.1) is 11.3 Å². The summed E-state index contributed by atoms with van der Waals surface area (Å²) in [6.07, 6.45) is 1.45. The van der Waals surface area contributed by atoms with Gasteiger partial charge < -0.3 is 10.1 Å². The topological polar surface area (TPSA) is 73.2 Å². The monoisotopic (exact) mass is 433 g/mol. The molecule has 0 aliphatic carbocycles. The molecule has 1 N–H and O–H groups in total. The Hall–Kier alpha value is -3.45. The third-order valence-electron chi connectivity index (χ3n) is 5.20. The summed E-state index contributed by atoms with van der Waals surface area (Å²) >= 11 is 1.41. The van der Waals surface area contributed by atoms with Crippen molar-refractivity contribution in [1.82, 2.24) is 9.55 Å². The number of carbonyl (C=O) groups excluding carboxylic acids is 1. The highest BCUT2D eigenvalue weighted by Gasteiger charge is 2.20. The Kier molecular flexibility index (Phi) is 5.86. The molecule has 0 aliphatic rings. The van der Waals surface area contributed by atoms with E-state index in [2.05, 4.69) is 10.3 Å². The van der Waals surface area contributed by atoms with E-state index in [-0.39, 0.29) is 11.5 Å². The van der Waals surface area contributed by atoms with Crippen molar-refractivity contribution in [2.45, 2.75) is 26.8 Å². The molecule has 0 saturated carbocycles. The molecular weight excluding hydrogens is 410 g/mol. The number of ether oxygens (including phenoxy) is 1. The molecule has 0 aliphatic heterocycles. The lowest BCUT2D eigenvalue weighted by Crippen LogP contribution is -2.31. The SMILES string of the molecule is CCOc1ccc(-c2csc3ncn(C(C)C(=O)Nc4ccccc4C)c(=O)c23)cc1. The van der Waals surface area contributed by atoms with E-state index in [0.29, 0.717) is 16.8 Å². The molecule has 4 aromatic rings. The molecule has 1 amide bonds. The van der Waals surface area contributed by atoms with Gasteiger partial charge in [-0.05, 0) is 50.1 Å². The smallest absolute Gasteiger partial charge is 0.263 e. The number of amides is 1. The predicted octanol–water partition coefficient (Wildman–Crippen LogP) is 5.03. The van der Waals surface area contributed by atoms with Crippen LogP contribution in [0.5, 0.6) is 5.75 Å². The normalized spacial score (nSPS) is 12.0. The van der Waals surface area contributed by atoms with Crippen LogP contribution in [0.4, 0.5) is 5.69 Å². The van der Waals surface area contributed by atoms with E-state index < -0.39 is 6.04 Å². The number of nitrogens with one attached hydrogen (secondary N) is 1. The number of rotatable bonds is 6. The standard InChI is InChI=1S/C24H23N3O3S/c1-4-30-18-11-9-17(10-12-18)19-13-31-23-21(19)24(29)27(14-25-23)16(3)22(28)26-20-8-6-5-7-15(20)2/h5-14,16H,4H2,1-3H3,(H,26,28). The summed E-state index contributed by atoms with van der Waals surface area (Å²) in [5.41, 5.74) is 3.17. The number of hydrogen-bond donors (Lipinski definition) is 1. The van der Waals surface area contributed by atoms with Crippen LogP contribution in [0.1, 0.15) is 25.5 Å². The molecule has 4 rings (SSSR count). The Bertz CT molecular complexity index is 1290. The van der Waals surface area contributed by atoms with E-state index in [1.54, 1.807) is 6.92 Å². The van der Waals surface area contributed by atoms with Crippen LogP contribution in [0.15, 0.2) is 65.0 Å². The van der Waals surface area contributed by atoms with Crippen molar-refractivity contribution in [2.75, 3.05) is 11.9 Å². The minimum absolute atomic E-state index is 0.234. The highest BCUT2D eigenvalue weighted by Crippen LogP contribution is 2.32. The number of benzene rings is 2. The summed E-state index contributed by atoms with van der Waals surface area (Å²) in [6, 6.07) is 14.5. The maximum Gasteiger partial charge on any atom is 0.263 e. The van der Waals surface area contributed by atoms with E-state index >= 15 is 0 Å². The third-order valence-corrected chi connectivity index (χ3v) is 6.08. The van der Waals surface area contributed by atoms with Crippen molar-refractivity contribution in [3.63, 3.8) is 0 Å². The van der Waals surface area contributed by atoms with E-state index in [9.17, 15) is 9.59 Å². The van der Waals surface area contributed by atoms with E-state index in [0.717, 1.165) is 28.1 Å². The largest absolute Gasteiger partial charge is 0.494 e. The fourth-order valence-corrected chi connectivity index (χ4v) is 4.31. The molecule has 2 aromatic heterocycles. The Morgan fingerprint density at radius 3 is 2.65 bits per heavy atom. The van der Waals surface area contributed by atoms with Crippen LogP contribution in [-0.2, 0) is 4.79 Å². The van der Waals surface area contributed by atoms with Crippen LogP contribution in [0.25, 0.3) is 21.3 Å². The van der Waals surface area contributed by atoms with Crippen molar-refractivity contribution in [3.05, 3.63) is 76.2 Å². The van der Waals surface area contributed by atoms with Gasteiger partial charge in [0.15, 0.2) is 0 Å². The van der Waals surface area contributed by atoms with Crippen molar-refractivity contribution in [2.24, 2.45) is 0 Å². The van der Waals surface area contributed by atoms with Crippen molar-refractivity contribution >= 4 is 33.1 Å². The molecule has 1 unspecified atom stereocenters. The van der Waals surface area contributed by atoms with Gasteiger partial charge in [-0.25, -0.2) is 4.98 Å². The van der Waals surface area contributed by atoms with Gasteiger partial charge in [0.2, 0.25) is 5.91 Å². The van der Waals surface area contributed by atoms with Crippen LogP contribution in [0.3, 0.4) is 0 Å². The zero-order valence-corrected chi connectivity index (χ0v) is 18.4. The molecule has 6 nitrogen and oxygen atoms in total. The van der Waals surface area contributed by atoms with Crippen LogP contribution in [0, 0.1) is 6.92 Å². The molecule has 158 valence electrons. The number of aryl methyl sites for hydroxylation is 1. The zero-order chi connectivity index (χ0) is 22.0. The van der Waals surface area contributed by atoms with Gasteiger partial charge in [0.05, 0.1) is 18.3 Å². The molecular formula is C24H23N3O3S. The van der Waals surface area contributed by atoms with E-state index in [1.165, 1.54) is 22.2 Å². The minimum atomic E-state index is -0.711. The summed E-state index contributed by atoms with van der Waals surface area (Å²) in [5.74, 6) is 0.512. The number of nitrogens with zero attached hydrogens (tertiary/aromatic N) is 2. The van der Waals surface area contributed by atoms with Crippen LogP contribution in [0.2, 0.25) is 0 Å². The summed E-state index contributed by atoms with van der Waals surface area (Å²) in [5, 5.41) is 5.35. The van der Waals surface area contributed by atoms with Gasteiger partial charge in [0, 0.05) is 16.6 Å². The molecule has 0 spiro atoms. The Morgan fingerprint density at radius 2 is 1.94 bits per heavy atom. The Labute approximate surface area is 184 Å². The van der Waals surface area contributed by atoms with Gasteiger partial charge in [-0.2, -0.15) is 0 Å². The average molecular weight is 434 g/mol. The lowest BCUT2D eigenvalue weighted by Gasteiger charge is -2.16. The van der Waals surface area contributed by atoms with Gasteiger partial charge in [-0.1, -0.05) is 30.3 Å². The molecule has 7 heteroatoms. The molecule has 2 heterocycles. The minimum Gasteiger partial charge on any atom is -0.494 e. The number of fused-ring (bicyclic) bond motifs is 1. The maximum absolute atomic E-state index is 13.3. The molecule has 1 atom stereocenters. The quantitative estimate of drug-likeness (QED) is 0.463. The van der Waals surface area contributed by atoms with Crippen LogP contribution in [-0.4, -0.2) is 22.1 Å². The summed E-state index contributed by atoms with van der Waals surface area (Å²) in [4.78, 5) is 31.3. The average Bonchev–Trinajstić information content (AvgIpc) is 3.21.